The van der Waals surface area contributed by atoms with Gasteiger partial charge in [0.2, 0.25) is 0 Å². The second-order valence-electron chi connectivity index (χ2n) is 2.49. The van der Waals surface area contributed by atoms with Gasteiger partial charge in [-0.25, -0.2) is 4.79 Å². The fourth-order valence-electron chi connectivity index (χ4n) is 0.893. The Labute approximate surface area is 76.7 Å². The minimum atomic E-state index is -0.921. The van der Waals surface area contributed by atoms with Crippen LogP contribution in [0.15, 0.2) is 42.5 Å². The number of carboxylic acid groups (broad SMARTS) is 1. The molecule has 0 atom stereocenters. The lowest BCUT2D eigenvalue weighted by Crippen LogP contribution is -1.98. The molecule has 68 valence electrons. The van der Waals surface area contributed by atoms with E-state index in [2.05, 4.69) is 5.32 Å². The Hall–Kier alpha value is -1.77. The van der Waals surface area contributed by atoms with Crippen LogP contribution in [0.2, 0.25) is 0 Å². The van der Waals surface area contributed by atoms with Crippen molar-refractivity contribution in [3.63, 3.8) is 0 Å². The summed E-state index contributed by atoms with van der Waals surface area (Å²) in [6.07, 6.45) is 2.69. The van der Waals surface area contributed by atoms with Crippen LogP contribution in [0.25, 0.3) is 0 Å². The summed E-state index contributed by atoms with van der Waals surface area (Å²) in [5.41, 5.74) is 0.984. The number of benzene rings is 1. The van der Waals surface area contributed by atoms with Crippen LogP contribution in [0.4, 0.5) is 5.69 Å². The van der Waals surface area contributed by atoms with Gasteiger partial charge in [-0.2, -0.15) is 0 Å². The van der Waals surface area contributed by atoms with E-state index in [4.69, 9.17) is 5.11 Å². The molecule has 3 heteroatoms. The molecule has 0 radical (unpaired) electrons. The summed E-state index contributed by atoms with van der Waals surface area (Å²) < 4.78 is 0. The molecule has 0 bridgehead atoms. The molecule has 0 aliphatic carbocycles. The van der Waals surface area contributed by atoms with E-state index in [9.17, 15) is 4.79 Å². The van der Waals surface area contributed by atoms with Crippen molar-refractivity contribution in [3.8, 4) is 0 Å². The van der Waals surface area contributed by atoms with Gasteiger partial charge in [0.15, 0.2) is 0 Å². The first-order valence-electron chi connectivity index (χ1n) is 3.97. The van der Waals surface area contributed by atoms with Crippen molar-refractivity contribution in [3.05, 3.63) is 42.5 Å². The summed E-state index contributed by atoms with van der Waals surface area (Å²) in [5.74, 6) is -0.921. The van der Waals surface area contributed by atoms with Crippen molar-refractivity contribution in [2.75, 3.05) is 11.9 Å². The number of carbonyl (C=O) groups is 1. The first kappa shape index (κ1) is 9.32. The summed E-state index contributed by atoms with van der Waals surface area (Å²) in [4.78, 5) is 10.1. The van der Waals surface area contributed by atoms with E-state index >= 15 is 0 Å². The molecule has 0 spiro atoms. The molecule has 3 nitrogen and oxygen atoms in total. The zero-order chi connectivity index (χ0) is 9.52. The minimum Gasteiger partial charge on any atom is -0.478 e. The standard InChI is InChI=1S/C10H11NO2/c12-10(13)7-4-8-11-9-5-2-1-3-6-9/h1-7,11H,8H2,(H,12,13)/b7-4+. The molecular weight excluding hydrogens is 166 g/mol. The van der Waals surface area contributed by atoms with Gasteiger partial charge in [0.25, 0.3) is 0 Å². The molecule has 0 saturated carbocycles. The van der Waals surface area contributed by atoms with Crippen LogP contribution >= 0.6 is 0 Å². The van der Waals surface area contributed by atoms with Crippen LogP contribution in [0.1, 0.15) is 0 Å². The van der Waals surface area contributed by atoms with Gasteiger partial charge in [0.1, 0.15) is 0 Å². The van der Waals surface area contributed by atoms with Gasteiger partial charge < -0.3 is 10.4 Å². The zero-order valence-electron chi connectivity index (χ0n) is 7.10. The number of carboxylic acids is 1. The lowest BCUT2D eigenvalue weighted by molar-refractivity contribution is -0.131. The minimum absolute atomic E-state index is 0.524. The van der Waals surface area contributed by atoms with E-state index in [-0.39, 0.29) is 0 Å². The number of hydrogen-bond donors (Lipinski definition) is 2. The third kappa shape index (κ3) is 3.96. The van der Waals surface area contributed by atoms with Crippen LogP contribution < -0.4 is 5.32 Å². The van der Waals surface area contributed by atoms with Crippen molar-refractivity contribution in [1.29, 1.82) is 0 Å². The van der Waals surface area contributed by atoms with Crippen LogP contribution in [0.5, 0.6) is 0 Å². The highest BCUT2D eigenvalue weighted by Crippen LogP contribution is 2.03. The highest BCUT2D eigenvalue weighted by molar-refractivity contribution is 5.79. The van der Waals surface area contributed by atoms with Crippen LogP contribution in [-0.2, 0) is 4.79 Å². The highest BCUT2D eigenvalue weighted by atomic mass is 16.4. The molecule has 0 saturated heterocycles. The fourth-order valence-corrected chi connectivity index (χ4v) is 0.893. The first-order valence-corrected chi connectivity index (χ1v) is 3.97. The summed E-state index contributed by atoms with van der Waals surface area (Å²) in [6, 6.07) is 9.62. The topological polar surface area (TPSA) is 49.3 Å². The van der Waals surface area contributed by atoms with Crippen molar-refractivity contribution >= 4 is 11.7 Å². The second kappa shape index (κ2) is 4.98. The number of rotatable bonds is 4. The molecule has 0 heterocycles. The molecule has 13 heavy (non-hydrogen) atoms. The maximum atomic E-state index is 10.1. The average Bonchev–Trinajstić information content (AvgIpc) is 2.14. The molecule has 2 N–H and O–H groups in total. The number of nitrogens with one attached hydrogen (secondary N) is 1. The van der Waals surface area contributed by atoms with Crippen molar-refractivity contribution < 1.29 is 9.90 Å². The summed E-state index contributed by atoms with van der Waals surface area (Å²) in [5, 5.41) is 11.3. The third-order valence-electron chi connectivity index (χ3n) is 1.46. The van der Waals surface area contributed by atoms with Gasteiger partial charge in [-0.05, 0) is 12.1 Å². The molecule has 1 aromatic carbocycles. The normalized spacial score (nSPS) is 10.2. The van der Waals surface area contributed by atoms with Crippen molar-refractivity contribution in [2.24, 2.45) is 0 Å². The number of anilines is 1. The second-order valence-corrected chi connectivity index (χ2v) is 2.49. The third-order valence-corrected chi connectivity index (χ3v) is 1.46. The maximum Gasteiger partial charge on any atom is 0.328 e. The summed E-state index contributed by atoms with van der Waals surface area (Å²) >= 11 is 0. The van der Waals surface area contributed by atoms with Gasteiger partial charge >= 0.3 is 5.97 Å². The van der Waals surface area contributed by atoms with E-state index in [1.54, 1.807) is 6.08 Å². The van der Waals surface area contributed by atoms with E-state index < -0.39 is 5.97 Å². The highest BCUT2D eigenvalue weighted by Gasteiger charge is 1.86. The van der Waals surface area contributed by atoms with E-state index in [1.807, 2.05) is 30.3 Å². The Morgan fingerprint density at radius 3 is 2.69 bits per heavy atom. The van der Waals surface area contributed by atoms with E-state index in [0.29, 0.717) is 6.54 Å². The van der Waals surface area contributed by atoms with Gasteiger partial charge in [0.05, 0.1) is 0 Å². The molecule has 0 unspecified atom stereocenters. The Morgan fingerprint density at radius 2 is 2.08 bits per heavy atom. The molecule has 1 aromatic rings. The molecule has 0 aromatic heterocycles. The molecule has 0 aliphatic heterocycles. The van der Waals surface area contributed by atoms with Crippen LogP contribution in [0.3, 0.4) is 0 Å². The lowest BCUT2D eigenvalue weighted by atomic mass is 10.3. The first-order chi connectivity index (χ1) is 6.29. The summed E-state index contributed by atoms with van der Waals surface area (Å²) in [6.45, 7) is 0.524. The summed E-state index contributed by atoms with van der Waals surface area (Å²) in [7, 11) is 0. The van der Waals surface area contributed by atoms with E-state index in [1.165, 1.54) is 0 Å². The SMILES string of the molecule is O=C(O)/C=C/CNc1ccccc1. The average molecular weight is 177 g/mol. The van der Waals surface area contributed by atoms with Gasteiger partial charge in [0, 0.05) is 18.3 Å². The molecule has 1 rings (SSSR count). The quantitative estimate of drug-likeness (QED) is 0.689. The van der Waals surface area contributed by atoms with Gasteiger partial charge in [-0.3, -0.25) is 0 Å². The van der Waals surface area contributed by atoms with Crippen molar-refractivity contribution in [2.45, 2.75) is 0 Å². The van der Waals surface area contributed by atoms with Gasteiger partial charge in [-0.1, -0.05) is 24.3 Å². The molecule has 0 amide bonds. The molecule has 0 aliphatic rings. The predicted octanol–water partition coefficient (Wildman–Crippen LogP) is 1.74. The Kier molecular flexibility index (Phi) is 3.57. The van der Waals surface area contributed by atoms with Crippen molar-refractivity contribution in [1.82, 2.24) is 0 Å². The predicted molar refractivity (Wildman–Crippen MR) is 51.7 cm³/mol. The number of hydrogen-bond acceptors (Lipinski definition) is 2. The van der Waals surface area contributed by atoms with Crippen LogP contribution in [-0.4, -0.2) is 17.6 Å². The van der Waals surface area contributed by atoms with Gasteiger partial charge in [-0.15, -0.1) is 0 Å². The monoisotopic (exact) mass is 177 g/mol. The zero-order valence-corrected chi connectivity index (χ0v) is 7.10. The smallest absolute Gasteiger partial charge is 0.328 e. The Morgan fingerprint density at radius 1 is 1.38 bits per heavy atom. The van der Waals surface area contributed by atoms with E-state index in [0.717, 1.165) is 11.8 Å². The number of para-hydroxylation sites is 1. The Balaban J connectivity index is 2.32. The fraction of sp³-hybridized carbons (Fsp3) is 0.100. The molecule has 0 fully saturated rings. The number of aliphatic carboxylic acids is 1. The Bertz CT molecular complexity index is 293. The molecular formula is C10H11NO2. The van der Waals surface area contributed by atoms with Crippen LogP contribution in [0, 0.1) is 0 Å². The largest absolute Gasteiger partial charge is 0.478 e. The lowest BCUT2D eigenvalue weighted by Gasteiger charge is -2.00. The maximum absolute atomic E-state index is 10.1.